The standard InChI is InChI=1S/C20H20ClF3N2O4S/c1-30-19(27)18(14-6-2-4-8-16(14)21)25-10-12-26(13-11-25)31(28,29)17-9-5-3-7-15(17)20(22,23)24/h2-9,18H,10-13H2,1H3/t18-/m0/s1. The van der Waals surface area contributed by atoms with Crippen LogP contribution in [-0.4, -0.2) is 56.9 Å². The summed E-state index contributed by atoms with van der Waals surface area (Å²) in [7, 11) is -3.14. The van der Waals surface area contributed by atoms with Gasteiger partial charge in [0, 0.05) is 31.2 Å². The first-order valence-electron chi connectivity index (χ1n) is 9.30. The largest absolute Gasteiger partial charge is 0.468 e. The van der Waals surface area contributed by atoms with Crippen molar-refractivity contribution in [3.63, 3.8) is 0 Å². The second-order valence-corrected chi connectivity index (χ2v) is 9.19. The van der Waals surface area contributed by atoms with E-state index in [4.69, 9.17) is 16.3 Å². The van der Waals surface area contributed by atoms with E-state index in [1.54, 1.807) is 29.2 Å². The van der Waals surface area contributed by atoms with Crippen molar-refractivity contribution >= 4 is 27.6 Å². The highest BCUT2D eigenvalue weighted by Crippen LogP contribution is 2.36. The molecule has 3 rings (SSSR count). The number of methoxy groups -OCH3 is 1. The van der Waals surface area contributed by atoms with Crippen molar-refractivity contribution in [1.29, 1.82) is 0 Å². The molecule has 0 radical (unpaired) electrons. The normalized spacial score (nSPS) is 17.3. The van der Waals surface area contributed by atoms with E-state index < -0.39 is 38.7 Å². The number of carbonyl (C=O) groups is 1. The van der Waals surface area contributed by atoms with Gasteiger partial charge in [0.25, 0.3) is 0 Å². The fourth-order valence-corrected chi connectivity index (χ4v) is 5.42. The Morgan fingerprint density at radius 2 is 1.61 bits per heavy atom. The van der Waals surface area contributed by atoms with Gasteiger partial charge in [0.05, 0.1) is 17.6 Å². The zero-order chi connectivity index (χ0) is 22.8. The number of benzene rings is 2. The molecule has 1 aliphatic heterocycles. The Labute approximate surface area is 183 Å². The lowest BCUT2D eigenvalue weighted by Gasteiger charge is -2.38. The smallest absolute Gasteiger partial charge is 0.417 e. The Hall–Kier alpha value is -2.14. The number of nitrogens with zero attached hydrogens (tertiary/aromatic N) is 2. The van der Waals surface area contributed by atoms with Gasteiger partial charge in [-0.05, 0) is 23.8 Å². The molecule has 0 unspecified atom stereocenters. The van der Waals surface area contributed by atoms with Crippen LogP contribution >= 0.6 is 11.6 Å². The molecule has 1 fully saturated rings. The third-order valence-electron chi connectivity index (χ3n) is 5.07. The molecule has 1 atom stereocenters. The van der Waals surface area contributed by atoms with E-state index in [2.05, 4.69) is 0 Å². The number of alkyl halides is 3. The van der Waals surface area contributed by atoms with Crippen LogP contribution < -0.4 is 0 Å². The lowest BCUT2D eigenvalue weighted by molar-refractivity contribution is -0.148. The van der Waals surface area contributed by atoms with Gasteiger partial charge in [0.2, 0.25) is 10.0 Å². The molecular formula is C20H20ClF3N2O4S. The summed E-state index contributed by atoms with van der Waals surface area (Å²) in [6.45, 7) is 0.0375. The van der Waals surface area contributed by atoms with E-state index in [9.17, 15) is 26.4 Å². The van der Waals surface area contributed by atoms with Crippen LogP contribution in [0.2, 0.25) is 5.02 Å². The number of piperazine rings is 1. The van der Waals surface area contributed by atoms with E-state index in [1.807, 2.05) is 0 Å². The molecule has 2 aromatic carbocycles. The lowest BCUT2D eigenvalue weighted by atomic mass is 10.0. The van der Waals surface area contributed by atoms with Crippen LogP contribution in [0.25, 0.3) is 0 Å². The van der Waals surface area contributed by atoms with Crippen molar-refractivity contribution in [2.45, 2.75) is 17.1 Å². The fraction of sp³-hybridized carbons (Fsp3) is 0.350. The molecule has 1 aliphatic rings. The minimum atomic E-state index is -4.80. The average Bonchev–Trinajstić information content (AvgIpc) is 2.75. The molecule has 168 valence electrons. The number of esters is 1. The van der Waals surface area contributed by atoms with Gasteiger partial charge < -0.3 is 4.74 Å². The highest BCUT2D eigenvalue weighted by molar-refractivity contribution is 7.89. The zero-order valence-corrected chi connectivity index (χ0v) is 18.0. The van der Waals surface area contributed by atoms with Gasteiger partial charge in [-0.15, -0.1) is 0 Å². The highest BCUT2D eigenvalue weighted by atomic mass is 35.5. The summed E-state index contributed by atoms with van der Waals surface area (Å²) in [6.07, 6.45) is -4.80. The monoisotopic (exact) mass is 476 g/mol. The van der Waals surface area contributed by atoms with Gasteiger partial charge in [-0.3, -0.25) is 4.90 Å². The number of rotatable bonds is 5. The van der Waals surface area contributed by atoms with Crippen LogP contribution in [0, 0.1) is 0 Å². The summed E-state index contributed by atoms with van der Waals surface area (Å²) in [5, 5.41) is 0.354. The number of carbonyl (C=O) groups excluding carboxylic acids is 1. The van der Waals surface area contributed by atoms with Gasteiger partial charge in [-0.25, -0.2) is 13.2 Å². The SMILES string of the molecule is COC(=O)[C@H](c1ccccc1Cl)N1CCN(S(=O)(=O)c2ccccc2C(F)(F)F)CC1. The third kappa shape index (κ3) is 4.87. The molecule has 0 saturated carbocycles. The Balaban J connectivity index is 1.84. The zero-order valence-electron chi connectivity index (χ0n) is 16.5. The van der Waals surface area contributed by atoms with Crippen molar-refractivity contribution in [1.82, 2.24) is 9.21 Å². The number of sulfonamides is 1. The second-order valence-electron chi connectivity index (χ2n) is 6.88. The Morgan fingerprint density at radius 1 is 1.03 bits per heavy atom. The Kier molecular flexibility index (Phi) is 6.95. The minimum Gasteiger partial charge on any atom is -0.468 e. The van der Waals surface area contributed by atoms with Crippen molar-refractivity contribution in [3.05, 3.63) is 64.7 Å². The van der Waals surface area contributed by atoms with Crippen LogP contribution in [0.1, 0.15) is 17.2 Å². The third-order valence-corrected chi connectivity index (χ3v) is 7.37. The summed E-state index contributed by atoms with van der Waals surface area (Å²) in [5.41, 5.74) is -0.698. The Morgan fingerprint density at radius 3 is 2.19 bits per heavy atom. The topological polar surface area (TPSA) is 66.9 Å². The van der Waals surface area contributed by atoms with Crippen LogP contribution in [0.3, 0.4) is 0 Å². The summed E-state index contributed by atoms with van der Waals surface area (Å²) in [6, 6.07) is 9.96. The van der Waals surface area contributed by atoms with Crippen LogP contribution in [-0.2, 0) is 25.7 Å². The quantitative estimate of drug-likeness (QED) is 0.617. The van der Waals surface area contributed by atoms with E-state index in [-0.39, 0.29) is 26.2 Å². The molecule has 0 amide bonds. The molecule has 0 spiro atoms. The molecule has 0 aliphatic carbocycles. The molecule has 31 heavy (non-hydrogen) atoms. The van der Waals surface area contributed by atoms with Crippen molar-refractivity contribution in [3.8, 4) is 0 Å². The van der Waals surface area contributed by atoms with Crippen LogP contribution in [0.4, 0.5) is 13.2 Å². The molecule has 1 heterocycles. The summed E-state index contributed by atoms with van der Waals surface area (Å²) in [5.74, 6) is -0.563. The molecule has 0 N–H and O–H groups in total. The number of hydrogen-bond donors (Lipinski definition) is 0. The summed E-state index contributed by atoms with van der Waals surface area (Å²) < 4.78 is 71.7. The molecule has 1 saturated heterocycles. The van der Waals surface area contributed by atoms with E-state index in [0.29, 0.717) is 10.6 Å². The second kappa shape index (κ2) is 9.15. The average molecular weight is 477 g/mol. The van der Waals surface area contributed by atoms with Crippen LogP contribution in [0.5, 0.6) is 0 Å². The lowest BCUT2D eigenvalue weighted by Crippen LogP contribution is -2.51. The molecule has 2 aromatic rings. The number of hydrogen-bond acceptors (Lipinski definition) is 5. The van der Waals surface area contributed by atoms with Crippen molar-refractivity contribution in [2.24, 2.45) is 0 Å². The van der Waals surface area contributed by atoms with Gasteiger partial charge in [0.1, 0.15) is 6.04 Å². The molecule has 11 heteroatoms. The van der Waals surface area contributed by atoms with Crippen molar-refractivity contribution in [2.75, 3.05) is 33.3 Å². The van der Waals surface area contributed by atoms with E-state index >= 15 is 0 Å². The van der Waals surface area contributed by atoms with Gasteiger partial charge in [-0.2, -0.15) is 17.5 Å². The van der Waals surface area contributed by atoms with Gasteiger partial charge in [0.15, 0.2) is 0 Å². The molecule has 0 bridgehead atoms. The first-order chi connectivity index (χ1) is 14.6. The first-order valence-corrected chi connectivity index (χ1v) is 11.1. The number of ether oxygens (including phenoxy) is 1. The number of halogens is 4. The Bertz CT molecular complexity index is 1050. The molecule has 0 aromatic heterocycles. The van der Waals surface area contributed by atoms with E-state index in [1.165, 1.54) is 13.2 Å². The van der Waals surface area contributed by atoms with Gasteiger partial charge >= 0.3 is 12.1 Å². The maximum atomic E-state index is 13.3. The maximum Gasteiger partial charge on any atom is 0.417 e. The van der Waals surface area contributed by atoms with E-state index in [0.717, 1.165) is 22.5 Å². The van der Waals surface area contributed by atoms with Gasteiger partial charge in [-0.1, -0.05) is 41.9 Å². The van der Waals surface area contributed by atoms with Crippen LogP contribution in [0.15, 0.2) is 53.4 Å². The minimum absolute atomic E-state index is 0.0908. The fourth-order valence-electron chi connectivity index (χ4n) is 3.55. The molecular weight excluding hydrogens is 457 g/mol. The summed E-state index contributed by atoms with van der Waals surface area (Å²) in [4.78, 5) is 13.4. The summed E-state index contributed by atoms with van der Waals surface area (Å²) >= 11 is 6.23. The predicted molar refractivity (Wildman–Crippen MR) is 108 cm³/mol. The molecule has 6 nitrogen and oxygen atoms in total. The highest BCUT2D eigenvalue weighted by Gasteiger charge is 2.41. The first kappa shape index (κ1) is 23.5. The predicted octanol–water partition coefficient (Wildman–Crippen LogP) is 3.58. The van der Waals surface area contributed by atoms with Crippen molar-refractivity contribution < 1.29 is 31.1 Å². The maximum absolute atomic E-state index is 13.3.